The van der Waals surface area contributed by atoms with E-state index in [2.05, 4.69) is 10.6 Å². The minimum Gasteiger partial charge on any atom is -0.502 e. The van der Waals surface area contributed by atoms with E-state index in [1.54, 1.807) is 6.92 Å². The molecule has 188 valence electrons. The molecule has 0 aliphatic heterocycles. The zero-order valence-electron chi connectivity index (χ0n) is 18.6. The van der Waals surface area contributed by atoms with Crippen molar-refractivity contribution in [1.29, 1.82) is 0 Å². The highest BCUT2D eigenvalue weighted by Crippen LogP contribution is 2.27. The van der Waals surface area contributed by atoms with Crippen LogP contribution in [-0.4, -0.2) is 48.9 Å². The van der Waals surface area contributed by atoms with Crippen molar-refractivity contribution in [3.63, 3.8) is 0 Å². The summed E-state index contributed by atoms with van der Waals surface area (Å²) in [5.74, 6) is -2.49. The molecule has 0 saturated heterocycles. The van der Waals surface area contributed by atoms with Gasteiger partial charge in [-0.1, -0.05) is 6.07 Å². The second-order valence-electron chi connectivity index (χ2n) is 7.27. The Morgan fingerprint density at radius 1 is 1.11 bits per heavy atom. The van der Waals surface area contributed by atoms with Gasteiger partial charge in [-0.3, -0.25) is 19.7 Å². The first-order chi connectivity index (χ1) is 16.4. The second-order valence-corrected chi connectivity index (χ2v) is 8.84. The molecule has 0 bridgehead atoms. The average molecular weight is 509 g/mol. The first-order valence-electron chi connectivity index (χ1n) is 10.3. The summed E-state index contributed by atoms with van der Waals surface area (Å²) in [6.45, 7) is 1.61. The first kappa shape index (κ1) is 27.2. The highest BCUT2D eigenvalue weighted by molar-refractivity contribution is 7.89. The van der Waals surface area contributed by atoms with E-state index in [4.69, 9.17) is 9.88 Å². The van der Waals surface area contributed by atoms with Crippen LogP contribution in [0.1, 0.15) is 25.3 Å². The summed E-state index contributed by atoms with van der Waals surface area (Å²) in [4.78, 5) is 46.9. The van der Waals surface area contributed by atoms with Crippen molar-refractivity contribution >= 4 is 39.2 Å². The molecule has 0 fully saturated rings. The fourth-order valence-corrected chi connectivity index (χ4v) is 3.47. The van der Waals surface area contributed by atoms with Crippen LogP contribution in [0.25, 0.3) is 0 Å². The zero-order chi connectivity index (χ0) is 26.2. The second kappa shape index (κ2) is 11.9. The first-order valence-corrected chi connectivity index (χ1v) is 11.8. The van der Waals surface area contributed by atoms with Crippen LogP contribution >= 0.6 is 0 Å². The maximum atomic E-state index is 12.4. The van der Waals surface area contributed by atoms with Gasteiger partial charge in [0.05, 0.1) is 16.4 Å². The highest BCUT2D eigenvalue weighted by atomic mass is 32.2. The number of phenols is 1. The molecular formula is C21H24N4O9S. The topological polar surface area (TPSA) is 208 Å². The number of primary sulfonamides is 1. The van der Waals surface area contributed by atoms with E-state index in [-0.39, 0.29) is 30.8 Å². The Morgan fingerprint density at radius 3 is 2.31 bits per heavy atom. The molecule has 2 amide bonds. The predicted octanol–water partition coefficient (Wildman–Crippen LogP) is 0.957. The number of phenolic OH excluding ortho intramolecular Hbond substituents is 1. The van der Waals surface area contributed by atoms with Crippen LogP contribution in [0.4, 0.5) is 11.4 Å². The maximum absolute atomic E-state index is 12.4. The summed E-state index contributed by atoms with van der Waals surface area (Å²) in [6, 6.07) is 7.50. The Morgan fingerprint density at radius 2 is 1.74 bits per heavy atom. The van der Waals surface area contributed by atoms with Crippen molar-refractivity contribution in [3.05, 3.63) is 58.1 Å². The molecule has 35 heavy (non-hydrogen) atoms. The van der Waals surface area contributed by atoms with E-state index in [9.17, 15) is 38.0 Å². The normalized spacial score (nSPS) is 11.8. The molecule has 0 saturated carbocycles. The van der Waals surface area contributed by atoms with Crippen molar-refractivity contribution in [3.8, 4) is 5.75 Å². The van der Waals surface area contributed by atoms with E-state index in [0.717, 1.165) is 12.1 Å². The predicted molar refractivity (Wildman–Crippen MR) is 123 cm³/mol. The highest BCUT2D eigenvalue weighted by Gasteiger charge is 2.24. The number of ether oxygens (including phenoxy) is 1. The van der Waals surface area contributed by atoms with Crippen LogP contribution in [0.2, 0.25) is 0 Å². The molecule has 0 aliphatic rings. The van der Waals surface area contributed by atoms with Crippen molar-refractivity contribution < 1.29 is 37.6 Å². The lowest BCUT2D eigenvalue weighted by molar-refractivity contribution is -0.385. The minimum absolute atomic E-state index is 0.0353. The monoisotopic (exact) mass is 508 g/mol. The molecule has 0 unspecified atom stereocenters. The lowest BCUT2D eigenvalue weighted by atomic mass is 10.0. The molecule has 2 rings (SSSR count). The number of rotatable bonds is 11. The number of aromatic hydroxyl groups is 1. The van der Waals surface area contributed by atoms with Gasteiger partial charge in [0.1, 0.15) is 6.04 Å². The number of nitrogens with two attached hydrogens (primary N) is 1. The Hall–Kier alpha value is -4.04. The largest absolute Gasteiger partial charge is 0.502 e. The van der Waals surface area contributed by atoms with E-state index < -0.39 is 50.2 Å². The number of anilines is 1. The van der Waals surface area contributed by atoms with E-state index in [1.165, 1.54) is 30.3 Å². The van der Waals surface area contributed by atoms with Gasteiger partial charge in [-0.15, -0.1) is 0 Å². The molecule has 2 aromatic carbocycles. The number of nitrogens with zero attached hydrogens (tertiary/aromatic N) is 1. The third-order valence-corrected chi connectivity index (χ3v) is 5.56. The number of nitrogens with one attached hydrogen (secondary N) is 2. The fraction of sp³-hybridized carbons (Fsp3) is 0.286. The third-order valence-electron chi connectivity index (χ3n) is 4.63. The van der Waals surface area contributed by atoms with Crippen LogP contribution < -0.4 is 15.8 Å². The molecule has 14 heteroatoms. The van der Waals surface area contributed by atoms with E-state index >= 15 is 0 Å². The third kappa shape index (κ3) is 8.35. The summed E-state index contributed by atoms with van der Waals surface area (Å²) in [5, 5.41) is 30.6. The standard InChI is InChI=1S/C21H24N4O9S/c1-2-34-21(29)16(11-13-3-8-18(26)17(12-13)25(30)31)24-20(28)10-9-19(27)23-14-4-6-15(7-5-14)35(22,32)33/h3-8,12,16,26H,2,9-11H2,1H3,(H,23,27)(H,24,28)(H2,22,32,33)/t16-/m1/s1. The van der Waals surface area contributed by atoms with Gasteiger partial charge < -0.3 is 20.5 Å². The van der Waals surface area contributed by atoms with E-state index in [1.807, 2.05) is 0 Å². The van der Waals surface area contributed by atoms with Crippen LogP contribution in [0, 0.1) is 10.1 Å². The van der Waals surface area contributed by atoms with Crippen LogP contribution in [0.5, 0.6) is 5.75 Å². The number of hydrogen-bond acceptors (Lipinski definition) is 9. The summed E-state index contributed by atoms with van der Waals surface area (Å²) >= 11 is 0. The number of nitro groups is 1. The van der Waals surface area contributed by atoms with Gasteiger partial charge in [-0.25, -0.2) is 18.4 Å². The molecule has 0 aliphatic carbocycles. The molecule has 0 radical (unpaired) electrons. The number of carbonyl (C=O) groups is 3. The number of sulfonamides is 1. The van der Waals surface area contributed by atoms with Gasteiger partial charge in [0, 0.05) is 31.0 Å². The Bertz CT molecular complexity index is 1210. The van der Waals surface area contributed by atoms with Crippen LogP contribution in [-0.2, 0) is 35.6 Å². The molecular weight excluding hydrogens is 484 g/mol. The van der Waals surface area contributed by atoms with Crippen LogP contribution in [0.3, 0.4) is 0 Å². The SMILES string of the molecule is CCOC(=O)[C@@H](Cc1ccc(O)c([N+](=O)[O-])c1)NC(=O)CCC(=O)Nc1ccc(S(N)(=O)=O)cc1. The Kier molecular flexibility index (Phi) is 9.25. The van der Waals surface area contributed by atoms with Gasteiger partial charge in [0.15, 0.2) is 5.75 Å². The quantitative estimate of drug-likeness (QED) is 0.193. The van der Waals surface area contributed by atoms with Gasteiger partial charge >= 0.3 is 11.7 Å². The fourth-order valence-electron chi connectivity index (χ4n) is 2.96. The zero-order valence-corrected chi connectivity index (χ0v) is 19.4. The number of benzene rings is 2. The van der Waals surface area contributed by atoms with Gasteiger partial charge in [-0.05, 0) is 42.8 Å². The molecule has 0 spiro atoms. The molecule has 5 N–H and O–H groups in total. The van der Waals surface area contributed by atoms with Crippen molar-refractivity contribution in [2.24, 2.45) is 5.14 Å². The number of nitro benzene ring substituents is 1. The van der Waals surface area contributed by atoms with Gasteiger partial charge in [0.25, 0.3) is 0 Å². The number of esters is 1. The summed E-state index contributed by atoms with van der Waals surface area (Å²) in [6.07, 6.45) is -0.677. The van der Waals surface area contributed by atoms with E-state index in [0.29, 0.717) is 11.3 Å². The van der Waals surface area contributed by atoms with Crippen molar-refractivity contribution in [1.82, 2.24) is 5.32 Å². The lowest BCUT2D eigenvalue weighted by Crippen LogP contribution is -2.43. The molecule has 2 aromatic rings. The smallest absolute Gasteiger partial charge is 0.328 e. The molecule has 13 nitrogen and oxygen atoms in total. The maximum Gasteiger partial charge on any atom is 0.328 e. The lowest BCUT2D eigenvalue weighted by Gasteiger charge is -2.17. The van der Waals surface area contributed by atoms with Crippen molar-refractivity contribution in [2.75, 3.05) is 11.9 Å². The summed E-state index contributed by atoms with van der Waals surface area (Å²) in [7, 11) is -3.87. The van der Waals surface area contributed by atoms with Crippen LogP contribution in [0.15, 0.2) is 47.4 Å². The average Bonchev–Trinajstić information content (AvgIpc) is 2.78. The number of amides is 2. The van der Waals surface area contributed by atoms with Gasteiger partial charge in [-0.2, -0.15) is 0 Å². The summed E-state index contributed by atoms with van der Waals surface area (Å²) < 4.78 is 27.5. The minimum atomic E-state index is -3.87. The Balaban J connectivity index is 1.98. The summed E-state index contributed by atoms with van der Waals surface area (Å²) in [5.41, 5.74) is 0.0415. The van der Waals surface area contributed by atoms with Gasteiger partial charge in [0.2, 0.25) is 21.8 Å². The molecule has 0 heterocycles. The number of carbonyl (C=O) groups excluding carboxylic acids is 3. The number of hydrogen-bond donors (Lipinski definition) is 4. The van der Waals surface area contributed by atoms with Crippen molar-refractivity contribution in [2.45, 2.75) is 37.1 Å². The Labute approximate surface area is 200 Å². The molecule has 0 aromatic heterocycles. The molecule has 1 atom stereocenters.